The largest absolute Gasteiger partial charge is 0.105 e. The summed E-state index contributed by atoms with van der Waals surface area (Å²) >= 11 is 0. The second-order valence-corrected chi connectivity index (χ2v) is 3.02. The van der Waals surface area contributed by atoms with E-state index in [0.29, 0.717) is 0 Å². The molecule has 0 aromatic rings. The van der Waals surface area contributed by atoms with E-state index in [2.05, 4.69) is 28.6 Å². The lowest BCUT2D eigenvalue weighted by Crippen LogP contribution is -1.92. The quantitative estimate of drug-likeness (QED) is 0.459. The van der Waals surface area contributed by atoms with Crippen LogP contribution in [0.1, 0.15) is 27.2 Å². The summed E-state index contributed by atoms with van der Waals surface area (Å²) < 4.78 is 0. The molecule has 0 fully saturated rings. The Bertz CT molecular complexity index is 33.4. The molecule has 0 aliphatic heterocycles. The Morgan fingerprint density at radius 1 is 1.29 bits per heavy atom. The minimum atomic E-state index is 0.875. The average Bonchev–Trinajstić information content (AvgIpc) is 1.27. The SMILES string of the molecule is B[C@@H](C)CC(C)C. The average molecular weight is 98.0 g/mol. The third kappa shape index (κ3) is 6.06. The Morgan fingerprint density at radius 3 is 1.71 bits per heavy atom. The molecule has 0 unspecified atom stereocenters. The first-order valence-corrected chi connectivity index (χ1v) is 3.13. The molecule has 0 bridgehead atoms. The summed E-state index contributed by atoms with van der Waals surface area (Å²) in [6.45, 7) is 6.79. The van der Waals surface area contributed by atoms with Gasteiger partial charge in [-0.2, -0.15) is 0 Å². The van der Waals surface area contributed by atoms with E-state index in [1.165, 1.54) is 6.42 Å². The Hall–Kier alpha value is 0.0649. The molecule has 0 rings (SSSR count). The molecular weight excluding hydrogens is 82.9 g/mol. The Morgan fingerprint density at radius 2 is 1.71 bits per heavy atom. The van der Waals surface area contributed by atoms with Crippen LogP contribution in [0, 0.1) is 5.92 Å². The van der Waals surface area contributed by atoms with Crippen LogP contribution in [0.4, 0.5) is 0 Å². The maximum absolute atomic E-state index is 2.26. The number of hydrogen-bond acceptors (Lipinski definition) is 0. The standard InChI is InChI=1S/C6H15B/c1-5(2)4-6(3)7/h5-6H,4,7H2,1-3H3/t6-/m0/s1. The first kappa shape index (κ1) is 7.06. The Kier molecular flexibility index (Phi) is 3.15. The Labute approximate surface area is 47.7 Å². The second-order valence-electron chi connectivity index (χ2n) is 3.02. The fourth-order valence-electron chi connectivity index (χ4n) is 0.943. The Balaban J connectivity index is 2.95. The molecule has 0 heterocycles. The van der Waals surface area contributed by atoms with Gasteiger partial charge in [0.25, 0.3) is 0 Å². The van der Waals surface area contributed by atoms with Crippen LogP contribution in [0.3, 0.4) is 0 Å². The molecule has 0 aliphatic rings. The van der Waals surface area contributed by atoms with Crippen LogP contribution in [0.2, 0.25) is 5.82 Å². The third-order valence-corrected chi connectivity index (χ3v) is 0.943. The predicted octanol–water partition coefficient (Wildman–Crippen LogP) is 1.47. The minimum Gasteiger partial charge on any atom is -0.0723 e. The van der Waals surface area contributed by atoms with Gasteiger partial charge in [0.05, 0.1) is 0 Å². The van der Waals surface area contributed by atoms with E-state index in [4.69, 9.17) is 0 Å². The van der Waals surface area contributed by atoms with Crippen molar-refractivity contribution in [3.05, 3.63) is 0 Å². The fourth-order valence-corrected chi connectivity index (χ4v) is 0.943. The van der Waals surface area contributed by atoms with E-state index in [1.807, 2.05) is 0 Å². The van der Waals surface area contributed by atoms with Crippen molar-refractivity contribution >= 4 is 7.85 Å². The minimum absolute atomic E-state index is 0.875. The molecule has 0 radical (unpaired) electrons. The maximum Gasteiger partial charge on any atom is 0.105 e. The molecule has 1 heteroatoms. The molecule has 0 aliphatic carbocycles. The van der Waals surface area contributed by atoms with Gasteiger partial charge in [0, 0.05) is 0 Å². The zero-order valence-corrected chi connectivity index (χ0v) is 5.86. The van der Waals surface area contributed by atoms with Crippen molar-refractivity contribution in [3.63, 3.8) is 0 Å². The zero-order valence-electron chi connectivity index (χ0n) is 5.86. The lowest BCUT2D eigenvalue weighted by molar-refractivity contribution is 0.576. The van der Waals surface area contributed by atoms with Gasteiger partial charge in [0.2, 0.25) is 0 Å². The lowest BCUT2D eigenvalue weighted by atomic mass is 9.83. The van der Waals surface area contributed by atoms with Gasteiger partial charge in [-0.25, -0.2) is 0 Å². The molecule has 42 valence electrons. The van der Waals surface area contributed by atoms with Crippen LogP contribution in [0.15, 0.2) is 0 Å². The van der Waals surface area contributed by atoms with E-state index < -0.39 is 0 Å². The molecular formula is C6H15B. The highest BCUT2D eigenvalue weighted by atomic mass is 14.0. The molecule has 1 atom stereocenters. The summed E-state index contributed by atoms with van der Waals surface area (Å²) in [6, 6.07) is 0. The predicted molar refractivity (Wildman–Crippen MR) is 37.4 cm³/mol. The van der Waals surface area contributed by atoms with E-state index in [0.717, 1.165) is 11.7 Å². The smallest absolute Gasteiger partial charge is 0.0723 e. The van der Waals surface area contributed by atoms with Crippen molar-refractivity contribution in [1.82, 2.24) is 0 Å². The van der Waals surface area contributed by atoms with Crippen LogP contribution in [0.5, 0.6) is 0 Å². The monoisotopic (exact) mass is 98.1 g/mol. The summed E-state index contributed by atoms with van der Waals surface area (Å²) in [4.78, 5) is 0. The third-order valence-electron chi connectivity index (χ3n) is 0.943. The first-order valence-electron chi connectivity index (χ1n) is 3.13. The maximum atomic E-state index is 2.26. The molecule has 0 nitrogen and oxygen atoms in total. The second kappa shape index (κ2) is 3.12. The highest BCUT2D eigenvalue weighted by Crippen LogP contribution is 2.10. The molecule has 0 saturated carbocycles. The lowest BCUT2D eigenvalue weighted by Gasteiger charge is -2.05. The molecule has 0 amide bonds. The van der Waals surface area contributed by atoms with E-state index in [1.54, 1.807) is 0 Å². The van der Waals surface area contributed by atoms with E-state index >= 15 is 0 Å². The zero-order chi connectivity index (χ0) is 5.86. The van der Waals surface area contributed by atoms with Gasteiger partial charge in [-0.3, -0.25) is 0 Å². The van der Waals surface area contributed by atoms with Crippen LogP contribution < -0.4 is 0 Å². The summed E-state index contributed by atoms with van der Waals surface area (Å²) in [5.41, 5.74) is 0. The van der Waals surface area contributed by atoms with Crippen molar-refractivity contribution < 1.29 is 0 Å². The molecule has 0 aromatic carbocycles. The molecule has 0 aromatic heterocycles. The van der Waals surface area contributed by atoms with E-state index in [-0.39, 0.29) is 0 Å². The first-order chi connectivity index (χ1) is 3.13. The molecule has 0 saturated heterocycles. The highest BCUT2D eigenvalue weighted by Gasteiger charge is 1.95. The van der Waals surface area contributed by atoms with Crippen molar-refractivity contribution in [2.75, 3.05) is 0 Å². The van der Waals surface area contributed by atoms with Crippen LogP contribution in [-0.4, -0.2) is 7.85 Å². The van der Waals surface area contributed by atoms with Gasteiger partial charge in [-0.1, -0.05) is 33.0 Å². The van der Waals surface area contributed by atoms with E-state index in [9.17, 15) is 0 Å². The summed E-state index contributed by atoms with van der Waals surface area (Å²) in [5.74, 6) is 1.75. The van der Waals surface area contributed by atoms with Crippen LogP contribution in [-0.2, 0) is 0 Å². The van der Waals surface area contributed by atoms with Crippen LogP contribution >= 0.6 is 0 Å². The molecule has 0 N–H and O–H groups in total. The van der Waals surface area contributed by atoms with Crippen molar-refractivity contribution in [1.29, 1.82) is 0 Å². The van der Waals surface area contributed by atoms with Gasteiger partial charge >= 0.3 is 0 Å². The van der Waals surface area contributed by atoms with Gasteiger partial charge in [-0.15, -0.1) is 0 Å². The highest BCUT2D eigenvalue weighted by molar-refractivity contribution is 6.11. The number of rotatable bonds is 2. The molecule has 0 spiro atoms. The van der Waals surface area contributed by atoms with Crippen LogP contribution in [0.25, 0.3) is 0 Å². The summed E-state index contributed by atoms with van der Waals surface area (Å²) in [7, 11) is 2.26. The summed E-state index contributed by atoms with van der Waals surface area (Å²) in [6.07, 6.45) is 1.36. The van der Waals surface area contributed by atoms with Gasteiger partial charge < -0.3 is 0 Å². The normalized spacial score (nSPS) is 14.9. The molecule has 7 heavy (non-hydrogen) atoms. The van der Waals surface area contributed by atoms with Gasteiger partial charge in [-0.05, 0) is 5.92 Å². The number of hydrogen-bond donors (Lipinski definition) is 0. The topological polar surface area (TPSA) is 0 Å². The van der Waals surface area contributed by atoms with Crippen molar-refractivity contribution in [3.8, 4) is 0 Å². The fraction of sp³-hybridized carbons (Fsp3) is 1.00. The van der Waals surface area contributed by atoms with Gasteiger partial charge in [0.15, 0.2) is 0 Å². The van der Waals surface area contributed by atoms with Crippen molar-refractivity contribution in [2.24, 2.45) is 5.92 Å². The van der Waals surface area contributed by atoms with Crippen molar-refractivity contribution in [2.45, 2.75) is 33.0 Å². The van der Waals surface area contributed by atoms with Gasteiger partial charge in [0.1, 0.15) is 7.85 Å². The summed E-state index contributed by atoms with van der Waals surface area (Å²) in [5, 5.41) is 0.